The van der Waals surface area contributed by atoms with Gasteiger partial charge in [0.25, 0.3) is 5.95 Å². The van der Waals surface area contributed by atoms with Crippen LogP contribution >= 0.6 is 0 Å². The number of anilines is 1. The van der Waals surface area contributed by atoms with E-state index in [1.54, 1.807) is 17.0 Å². The van der Waals surface area contributed by atoms with E-state index >= 15 is 0 Å². The van der Waals surface area contributed by atoms with Gasteiger partial charge in [0, 0.05) is 31.4 Å². The van der Waals surface area contributed by atoms with Crippen LogP contribution in [0, 0.1) is 6.92 Å². The molecule has 2 aromatic heterocycles. The van der Waals surface area contributed by atoms with Crippen LogP contribution in [-0.2, 0) is 10.3 Å². The monoisotopic (exact) mass is 319 g/mol. The smallest absolute Gasteiger partial charge is 0.330 e. The minimum absolute atomic E-state index is 0.174. The van der Waals surface area contributed by atoms with Crippen LogP contribution in [0.4, 0.5) is 5.95 Å². The summed E-state index contributed by atoms with van der Waals surface area (Å²) < 4.78 is 7.00. The second-order valence-corrected chi connectivity index (χ2v) is 6.26. The van der Waals surface area contributed by atoms with Gasteiger partial charge in [0.2, 0.25) is 5.89 Å². The van der Waals surface area contributed by atoms with Crippen molar-refractivity contribution in [3.8, 4) is 0 Å². The first-order valence-electron chi connectivity index (χ1n) is 7.76. The lowest BCUT2D eigenvalue weighted by molar-refractivity contribution is -0.149. The van der Waals surface area contributed by atoms with E-state index in [0.717, 1.165) is 0 Å². The Kier molecular flexibility index (Phi) is 3.83. The minimum atomic E-state index is -0.957. The van der Waals surface area contributed by atoms with Crippen molar-refractivity contribution in [3.05, 3.63) is 24.1 Å². The molecule has 0 amide bonds. The molecule has 0 spiro atoms. The van der Waals surface area contributed by atoms with Crippen molar-refractivity contribution >= 4 is 11.9 Å². The van der Waals surface area contributed by atoms with E-state index in [-0.39, 0.29) is 5.92 Å². The van der Waals surface area contributed by atoms with Crippen molar-refractivity contribution in [2.75, 3.05) is 18.0 Å². The van der Waals surface area contributed by atoms with Crippen LogP contribution in [0.25, 0.3) is 0 Å². The fraction of sp³-hybridized carbons (Fsp3) is 0.600. The summed E-state index contributed by atoms with van der Waals surface area (Å²) in [6.07, 6.45) is 4.31. The number of carbonyl (C=O) groups is 1. The average Bonchev–Trinajstić information content (AvgIpc) is 3.16. The largest absolute Gasteiger partial charge is 0.479 e. The van der Waals surface area contributed by atoms with Crippen LogP contribution in [0.15, 0.2) is 16.9 Å². The van der Waals surface area contributed by atoms with Crippen molar-refractivity contribution in [2.45, 2.75) is 45.1 Å². The summed E-state index contributed by atoms with van der Waals surface area (Å²) >= 11 is 0. The summed E-state index contributed by atoms with van der Waals surface area (Å²) in [7, 11) is 0. The van der Waals surface area contributed by atoms with Crippen molar-refractivity contribution < 1.29 is 14.4 Å². The number of nitrogens with zero attached hydrogens (tertiary/aromatic N) is 5. The van der Waals surface area contributed by atoms with Crippen LogP contribution in [0.3, 0.4) is 0 Å². The molecule has 1 aliphatic rings. The maximum absolute atomic E-state index is 11.9. The summed E-state index contributed by atoms with van der Waals surface area (Å²) in [6.45, 7) is 6.92. The minimum Gasteiger partial charge on any atom is -0.479 e. The average molecular weight is 319 g/mol. The molecule has 8 heteroatoms. The highest BCUT2D eigenvalue weighted by Gasteiger charge is 2.44. The number of rotatable bonds is 4. The maximum Gasteiger partial charge on any atom is 0.330 e. The van der Waals surface area contributed by atoms with E-state index in [1.807, 2.05) is 25.7 Å². The van der Waals surface area contributed by atoms with Crippen LogP contribution in [0.5, 0.6) is 0 Å². The summed E-state index contributed by atoms with van der Waals surface area (Å²) in [5, 5.41) is 13.8. The van der Waals surface area contributed by atoms with Gasteiger partial charge in [-0.2, -0.15) is 4.98 Å². The molecule has 3 rings (SSSR count). The van der Waals surface area contributed by atoms with Gasteiger partial charge in [-0.1, -0.05) is 13.8 Å². The summed E-state index contributed by atoms with van der Waals surface area (Å²) in [6, 6.07) is 0. The Morgan fingerprint density at radius 2 is 2.09 bits per heavy atom. The van der Waals surface area contributed by atoms with Gasteiger partial charge >= 0.3 is 5.97 Å². The highest BCUT2D eigenvalue weighted by molar-refractivity contribution is 5.77. The molecular weight excluding hydrogens is 298 g/mol. The molecule has 0 saturated carbocycles. The Morgan fingerprint density at radius 3 is 2.57 bits per heavy atom. The zero-order valence-corrected chi connectivity index (χ0v) is 13.6. The second kappa shape index (κ2) is 5.68. The molecule has 2 aromatic rings. The third kappa shape index (κ3) is 2.58. The number of aromatic nitrogens is 4. The van der Waals surface area contributed by atoms with E-state index < -0.39 is 11.5 Å². The Balaban J connectivity index is 1.80. The van der Waals surface area contributed by atoms with E-state index in [1.165, 1.54) is 0 Å². The van der Waals surface area contributed by atoms with Crippen molar-refractivity contribution in [1.82, 2.24) is 19.7 Å². The third-order valence-electron chi connectivity index (χ3n) is 4.48. The number of aliphatic carboxylic acids is 1. The standard InChI is InChI=1S/C15H21N5O3/c1-10(2)12-17-14(18-23-12)19-7-4-15(5-8-19,13(21)22)20-9-6-16-11(20)3/h6,9-10H,4-5,7-8H2,1-3H3,(H,21,22). The number of aryl methyl sites for hydroxylation is 1. The Bertz CT molecular complexity index is 698. The Labute approximate surface area is 134 Å². The lowest BCUT2D eigenvalue weighted by Crippen LogP contribution is -2.51. The predicted molar refractivity (Wildman–Crippen MR) is 82.4 cm³/mol. The second-order valence-electron chi connectivity index (χ2n) is 6.26. The molecule has 0 aromatic carbocycles. The summed E-state index contributed by atoms with van der Waals surface area (Å²) in [5.74, 6) is 1.19. The molecule has 3 heterocycles. The summed E-state index contributed by atoms with van der Waals surface area (Å²) in [4.78, 5) is 22.5. The van der Waals surface area contributed by atoms with Crippen LogP contribution < -0.4 is 4.90 Å². The van der Waals surface area contributed by atoms with Crippen molar-refractivity contribution in [2.24, 2.45) is 0 Å². The first kappa shape index (κ1) is 15.5. The predicted octanol–water partition coefficient (Wildman–Crippen LogP) is 1.78. The zero-order chi connectivity index (χ0) is 16.6. The van der Waals surface area contributed by atoms with E-state index in [9.17, 15) is 9.90 Å². The molecule has 0 aliphatic carbocycles. The van der Waals surface area contributed by atoms with Gasteiger partial charge in [0.05, 0.1) is 0 Å². The van der Waals surface area contributed by atoms with E-state index in [0.29, 0.717) is 43.6 Å². The van der Waals surface area contributed by atoms with Crippen molar-refractivity contribution in [3.63, 3.8) is 0 Å². The number of hydrogen-bond acceptors (Lipinski definition) is 6. The SMILES string of the molecule is Cc1nccn1C1(C(=O)O)CCN(c2noc(C(C)C)n2)CC1. The fourth-order valence-electron chi connectivity index (χ4n) is 3.05. The summed E-state index contributed by atoms with van der Waals surface area (Å²) in [5.41, 5.74) is -0.957. The topological polar surface area (TPSA) is 97.3 Å². The highest BCUT2D eigenvalue weighted by Crippen LogP contribution is 2.33. The molecule has 8 nitrogen and oxygen atoms in total. The lowest BCUT2D eigenvalue weighted by atomic mass is 9.87. The van der Waals surface area contributed by atoms with Gasteiger partial charge in [-0.05, 0) is 24.9 Å². The highest BCUT2D eigenvalue weighted by atomic mass is 16.5. The molecule has 0 atom stereocenters. The van der Waals surface area contributed by atoms with Crippen LogP contribution in [-0.4, -0.2) is 43.9 Å². The van der Waals surface area contributed by atoms with Crippen LogP contribution in [0.1, 0.15) is 44.3 Å². The van der Waals surface area contributed by atoms with Gasteiger partial charge in [-0.25, -0.2) is 9.78 Å². The van der Waals surface area contributed by atoms with E-state index in [4.69, 9.17) is 4.52 Å². The first-order valence-corrected chi connectivity index (χ1v) is 7.76. The number of carboxylic acids is 1. The lowest BCUT2D eigenvalue weighted by Gasteiger charge is -2.39. The number of hydrogen-bond donors (Lipinski definition) is 1. The normalized spacial score (nSPS) is 17.7. The zero-order valence-electron chi connectivity index (χ0n) is 13.6. The molecule has 1 saturated heterocycles. The van der Waals surface area contributed by atoms with Gasteiger partial charge in [-0.3, -0.25) is 0 Å². The third-order valence-corrected chi connectivity index (χ3v) is 4.48. The van der Waals surface area contributed by atoms with E-state index in [2.05, 4.69) is 15.1 Å². The first-order chi connectivity index (χ1) is 10.9. The van der Waals surface area contributed by atoms with Crippen LogP contribution in [0.2, 0.25) is 0 Å². The molecule has 1 N–H and O–H groups in total. The van der Waals surface area contributed by atoms with Crippen molar-refractivity contribution in [1.29, 1.82) is 0 Å². The molecule has 23 heavy (non-hydrogen) atoms. The molecule has 1 fully saturated rings. The van der Waals surface area contributed by atoms with Gasteiger partial charge < -0.3 is 19.1 Å². The maximum atomic E-state index is 11.9. The quantitative estimate of drug-likeness (QED) is 0.917. The molecule has 0 radical (unpaired) electrons. The fourth-order valence-corrected chi connectivity index (χ4v) is 3.05. The molecular formula is C15H21N5O3. The Hall–Kier alpha value is -2.38. The molecule has 124 valence electrons. The Morgan fingerprint density at radius 1 is 1.39 bits per heavy atom. The number of carboxylic acid groups (broad SMARTS) is 1. The number of piperidine rings is 1. The van der Waals surface area contributed by atoms with Gasteiger partial charge in [0.1, 0.15) is 11.4 Å². The molecule has 1 aliphatic heterocycles. The van der Waals surface area contributed by atoms with Gasteiger partial charge in [-0.15, -0.1) is 0 Å². The van der Waals surface area contributed by atoms with Gasteiger partial charge in [0.15, 0.2) is 0 Å². The molecule has 0 unspecified atom stereocenters. The number of imidazole rings is 1. The molecule has 0 bridgehead atoms.